The molecule has 3 rings (SSSR count). The first kappa shape index (κ1) is 13.1. The Bertz CT molecular complexity index is 587. The molecular weight excluding hydrogens is 254 g/mol. The van der Waals surface area contributed by atoms with Gasteiger partial charge in [0.15, 0.2) is 5.82 Å². The van der Waals surface area contributed by atoms with Gasteiger partial charge in [-0.3, -0.25) is 5.10 Å². The number of anilines is 1. The van der Waals surface area contributed by atoms with Crippen molar-refractivity contribution < 1.29 is 0 Å². The van der Waals surface area contributed by atoms with Gasteiger partial charge in [0, 0.05) is 20.1 Å². The maximum atomic E-state index is 5.89. The summed E-state index contributed by atoms with van der Waals surface area (Å²) in [7, 11) is 1.94. The molecule has 0 amide bonds. The Balaban J connectivity index is 1.82. The van der Waals surface area contributed by atoms with Gasteiger partial charge in [-0.15, -0.1) is 5.10 Å². The summed E-state index contributed by atoms with van der Waals surface area (Å²) in [5.41, 5.74) is 6.98. The molecule has 0 radical (unpaired) electrons. The zero-order chi connectivity index (χ0) is 14.2. The van der Waals surface area contributed by atoms with Gasteiger partial charge in [0.25, 0.3) is 0 Å². The van der Waals surface area contributed by atoms with Crippen molar-refractivity contribution in [3.05, 3.63) is 12.5 Å². The van der Waals surface area contributed by atoms with Crippen LogP contribution in [0.15, 0.2) is 12.5 Å². The second-order valence-corrected chi connectivity index (χ2v) is 5.91. The van der Waals surface area contributed by atoms with Crippen molar-refractivity contribution >= 4 is 5.95 Å². The van der Waals surface area contributed by atoms with Gasteiger partial charge in [0.1, 0.15) is 5.69 Å². The molecular formula is C13H21N7. The van der Waals surface area contributed by atoms with E-state index in [9.17, 15) is 0 Å². The molecule has 0 spiro atoms. The number of nitrogens with zero attached hydrogens (tertiary/aromatic N) is 5. The van der Waals surface area contributed by atoms with E-state index in [1.165, 1.54) is 6.42 Å². The molecule has 7 nitrogen and oxygen atoms in total. The minimum Gasteiger partial charge on any atom is -0.339 e. The Morgan fingerprint density at radius 2 is 2.35 bits per heavy atom. The van der Waals surface area contributed by atoms with Crippen LogP contribution in [0.2, 0.25) is 0 Å². The first-order valence-corrected chi connectivity index (χ1v) is 6.95. The Morgan fingerprint density at radius 3 is 3.05 bits per heavy atom. The van der Waals surface area contributed by atoms with E-state index in [1.807, 2.05) is 11.6 Å². The number of piperidine rings is 1. The summed E-state index contributed by atoms with van der Waals surface area (Å²) < 4.78 is 1.92. The smallest absolute Gasteiger partial charge is 0.245 e. The molecule has 0 aromatic carbocycles. The molecule has 3 N–H and O–H groups in total. The Hall–Kier alpha value is -1.89. The third kappa shape index (κ3) is 2.29. The number of imidazole rings is 1. The van der Waals surface area contributed by atoms with Crippen molar-refractivity contribution in [1.29, 1.82) is 0 Å². The van der Waals surface area contributed by atoms with Crippen LogP contribution in [0.3, 0.4) is 0 Å². The van der Waals surface area contributed by atoms with Crippen LogP contribution in [0.25, 0.3) is 11.5 Å². The molecule has 20 heavy (non-hydrogen) atoms. The van der Waals surface area contributed by atoms with Gasteiger partial charge >= 0.3 is 0 Å². The summed E-state index contributed by atoms with van der Waals surface area (Å²) >= 11 is 0. The second kappa shape index (κ2) is 4.90. The molecule has 0 saturated carbocycles. The Morgan fingerprint density at radius 1 is 1.50 bits per heavy atom. The monoisotopic (exact) mass is 275 g/mol. The summed E-state index contributed by atoms with van der Waals surface area (Å²) in [6, 6.07) is 0. The van der Waals surface area contributed by atoms with Gasteiger partial charge in [-0.05, 0) is 24.8 Å². The molecule has 1 aliphatic rings. The van der Waals surface area contributed by atoms with E-state index in [1.54, 1.807) is 12.5 Å². The molecule has 108 valence electrons. The van der Waals surface area contributed by atoms with Gasteiger partial charge in [0.2, 0.25) is 5.95 Å². The van der Waals surface area contributed by atoms with E-state index >= 15 is 0 Å². The molecule has 0 bridgehead atoms. The average Bonchev–Trinajstić information content (AvgIpc) is 3.07. The van der Waals surface area contributed by atoms with Gasteiger partial charge in [0.05, 0.1) is 12.5 Å². The topological polar surface area (TPSA) is 88.7 Å². The van der Waals surface area contributed by atoms with Crippen molar-refractivity contribution in [1.82, 2.24) is 24.7 Å². The molecule has 0 aliphatic carbocycles. The first-order chi connectivity index (χ1) is 9.61. The number of nitrogens with two attached hydrogens (primary N) is 1. The summed E-state index contributed by atoms with van der Waals surface area (Å²) in [5, 5.41) is 7.34. The van der Waals surface area contributed by atoms with Crippen molar-refractivity contribution in [3.63, 3.8) is 0 Å². The van der Waals surface area contributed by atoms with Crippen LogP contribution in [-0.4, -0.2) is 44.4 Å². The normalized spacial score (nSPS) is 23.2. The highest BCUT2D eigenvalue weighted by atomic mass is 15.4. The lowest BCUT2D eigenvalue weighted by molar-refractivity contribution is 0.270. The zero-order valence-corrected chi connectivity index (χ0v) is 12.0. The minimum atomic E-state index is 0.158. The maximum absolute atomic E-state index is 5.89. The number of hydrogen-bond donors (Lipinski definition) is 2. The number of aryl methyl sites for hydroxylation is 1. The molecule has 1 unspecified atom stereocenters. The fourth-order valence-electron chi connectivity index (χ4n) is 2.75. The van der Waals surface area contributed by atoms with Crippen molar-refractivity contribution in [2.75, 3.05) is 24.5 Å². The zero-order valence-electron chi connectivity index (χ0n) is 12.0. The third-order valence-electron chi connectivity index (χ3n) is 4.09. The number of aromatic amines is 1. The highest BCUT2D eigenvalue weighted by Crippen LogP contribution is 2.30. The number of nitrogens with one attached hydrogen (secondary N) is 1. The van der Waals surface area contributed by atoms with Crippen molar-refractivity contribution in [2.45, 2.75) is 19.8 Å². The predicted octanol–water partition coefficient (Wildman–Crippen LogP) is 0.770. The lowest BCUT2D eigenvalue weighted by atomic mass is 9.82. The fourth-order valence-corrected chi connectivity index (χ4v) is 2.75. The maximum Gasteiger partial charge on any atom is 0.245 e. The van der Waals surface area contributed by atoms with E-state index in [2.05, 4.69) is 32.0 Å². The van der Waals surface area contributed by atoms with E-state index in [-0.39, 0.29) is 5.41 Å². The van der Waals surface area contributed by atoms with Crippen LogP contribution in [0.1, 0.15) is 19.8 Å². The number of rotatable bonds is 3. The van der Waals surface area contributed by atoms with Crippen molar-refractivity contribution in [3.8, 4) is 11.5 Å². The molecule has 1 atom stereocenters. The fraction of sp³-hybridized carbons (Fsp3) is 0.615. The summed E-state index contributed by atoms with van der Waals surface area (Å²) in [4.78, 5) is 10.9. The molecule has 3 heterocycles. The lowest BCUT2D eigenvalue weighted by Crippen LogP contribution is -2.46. The molecule has 1 fully saturated rings. The largest absolute Gasteiger partial charge is 0.339 e. The summed E-state index contributed by atoms with van der Waals surface area (Å²) in [6.07, 6.45) is 5.83. The summed E-state index contributed by atoms with van der Waals surface area (Å²) in [5.74, 6) is 1.50. The standard InChI is InChI=1S/C13H21N7/c1-13(7-14)4-3-5-20(8-13)12-16-11(17-18-12)10-6-15-9-19(10)2/h6,9H,3-5,7-8,14H2,1-2H3,(H,16,17,18). The molecule has 1 saturated heterocycles. The molecule has 7 heteroatoms. The number of aromatic nitrogens is 5. The van der Waals surface area contributed by atoms with E-state index in [0.717, 1.165) is 37.0 Å². The van der Waals surface area contributed by atoms with Gasteiger partial charge in [-0.25, -0.2) is 4.98 Å². The quantitative estimate of drug-likeness (QED) is 0.863. The van der Waals surface area contributed by atoms with Gasteiger partial charge in [-0.1, -0.05) is 6.92 Å². The highest BCUT2D eigenvalue weighted by Gasteiger charge is 2.31. The number of H-pyrrole nitrogens is 1. The van der Waals surface area contributed by atoms with E-state index in [0.29, 0.717) is 6.54 Å². The van der Waals surface area contributed by atoms with Gasteiger partial charge in [-0.2, -0.15) is 4.98 Å². The van der Waals surface area contributed by atoms with Crippen LogP contribution in [-0.2, 0) is 7.05 Å². The molecule has 1 aliphatic heterocycles. The van der Waals surface area contributed by atoms with Crippen LogP contribution in [0.5, 0.6) is 0 Å². The number of hydrogen-bond acceptors (Lipinski definition) is 5. The van der Waals surface area contributed by atoms with Crippen molar-refractivity contribution in [2.24, 2.45) is 18.2 Å². The van der Waals surface area contributed by atoms with Gasteiger partial charge < -0.3 is 15.2 Å². The van der Waals surface area contributed by atoms with E-state index in [4.69, 9.17) is 5.73 Å². The molecule has 2 aromatic rings. The van der Waals surface area contributed by atoms with Crippen LogP contribution in [0.4, 0.5) is 5.95 Å². The van der Waals surface area contributed by atoms with Crippen LogP contribution in [0, 0.1) is 5.41 Å². The first-order valence-electron chi connectivity index (χ1n) is 6.95. The summed E-state index contributed by atoms with van der Waals surface area (Å²) in [6.45, 7) is 4.82. The Kier molecular flexibility index (Phi) is 3.21. The SMILES string of the molecule is Cn1cncc1-c1nc(N2CCCC(C)(CN)C2)n[nH]1. The highest BCUT2D eigenvalue weighted by molar-refractivity contribution is 5.50. The third-order valence-corrected chi connectivity index (χ3v) is 4.09. The van der Waals surface area contributed by atoms with Crippen LogP contribution >= 0.6 is 0 Å². The van der Waals surface area contributed by atoms with E-state index < -0.39 is 0 Å². The molecule has 2 aromatic heterocycles. The predicted molar refractivity (Wildman–Crippen MR) is 77.2 cm³/mol. The average molecular weight is 275 g/mol. The Labute approximate surface area is 118 Å². The second-order valence-electron chi connectivity index (χ2n) is 5.91. The lowest BCUT2D eigenvalue weighted by Gasteiger charge is -2.39. The minimum absolute atomic E-state index is 0.158. The van der Waals surface area contributed by atoms with Crippen LogP contribution < -0.4 is 10.6 Å².